The van der Waals surface area contributed by atoms with Crippen molar-refractivity contribution >= 4 is 29.0 Å². The molecule has 12 heavy (non-hydrogen) atoms. The fourth-order valence-electron chi connectivity index (χ4n) is 1.78. The lowest BCUT2D eigenvalue weighted by atomic mass is 9.94. The Morgan fingerprint density at radius 3 is 3.00 bits per heavy atom. The summed E-state index contributed by atoms with van der Waals surface area (Å²) in [7, 11) is 0. The van der Waals surface area contributed by atoms with E-state index >= 15 is 0 Å². The van der Waals surface area contributed by atoms with Gasteiger partial charge in [-0.05, 0) is 18.6 Å². The predicted octanol–water partition coefficient (Wildman–Crippen LogP) is 2.64. The largest absolute Gasteiger partial charge is 0.295 e. The van der Waals surface area contributed by atoms with Crippen molar-refractivity contribution in [2.45, 2.75) is 18.2 Å². The fourth-order valence-corrected chi connectivity index (χ4v) is 2.49. The second kappa shape index (κ2) is 2.90. The Bertz CT molecular complexity index is 291. The van der Waals surface area contributed by atoms with Gasteiger partial charge in [0.25, 0.3) is 0 Å². The highest BCUT2D eigenvalue weighted by Crippen LogP contribution is 2.38. The molecule has 0 aliphatic heterocycles. The summed E-state index contributed by atoms with van der Waals surface area (Å²) in [4.78, 5) is 11.3. The lowest BCUT2D eigenvalue weighted by Gasteiger charge is -2.18. The average Bonchev–Trinajstić information content (AvgIpc) is 2.33. The Hall–Kier alpha value is -0.270. The molecule has 3 heteroatoms. The van der Waals surface area contributed by atoms with Gasteiger partial charge in [-0.25, -0.2) is 0 Å². The molecule has 2 aliphatic carbocycles. The van der Waals surface area contributed by atoms with Gasteiger partial charge in [0.2, 0.25) is 0 Å². The number of halogens is 2. The second-order valence-electron chi connectivity index (χ2n) is 3.16. The molecule has 0 aromatic heterocycles. The highest BCUT2D eigenvalue weighted by Gasteiger charge is 2.34. The van der Waals surface area contributed by atoms with Gasteiger partial charge in [0.15, 0.2) is 5.78 Å². The number of rotatable bonds is 0. The maximum Gasteiger partial charge on any atom is 0.159 e. The summed E-state index contributed by atoms with van der Waals surface area (Å²) in [5, 5.41) is 0.500. The lowest BCUT2D eigenvalue weighted by molar-refractivity contribution is -0.114. The van der Waals surface area contributed by atoms with E-state index in [1.807, 2.05) is 0 Å². The highest BCUT2D eigenvalue weighted by atomic mass is 35.5. The van der Waals surface area contributed by atoms with Crippen LogP contribution in [-0.4, -0.2) is 11.2 Å². The number of fused-ring (bicyclic) bond motifs is 1. The summed E-state index contributed by atoms with van der Waals surface area (Å²) < 4.78 is 0. The molecule has 2 aliphatic rings. The summed E-state index contributed by atoms with van der Waals surface area (Å²) in [5.41, 5.74) is 0.822. The first kappa shape index (κ1) is 8.33. The van der Waals surface area contributed by atoms with Crippen molar-refractivity contribution in [1.29, 1.82) is 0 Å². The molecule has 1 fully saturated rings. The van der Waals surface area contributed by atoms with E-state index in [0.717, 1.165) is 12.0 Å². The number of hydrogen-bond donors (Lipinski definition) is 0. The molecule has 2 atom stereocenters. The SMILES string of the molecule is O=C1CCC2C1=CC(Cl)=CC2Cl. The van der Waals surface area contributed by atoms with Gasteiger partial charge >= 0.3 is 0 Å². The van der Waals surface area contributed by atoms with Crippen LogP contribution in [0.25, 0.3) is 0 Å². The summed E-state index contributed by atoms with van der Waals surface area (Å²) in [5.74, 6) is 0.415. The first-order valence-corrected chi connectivity index (χ1v) is 4.76. The number of hydrogen-bond acceptors (Lipinski definition) is 1. The molecular weight excluding hydrogens is 195 g/mol. The zero-order chi connectivity index (χ0) is 8.72. The van der Waals surface area contributed by atoms with Gasteiger partial charge in [0, 0.05) is 22.9 Å². The third kappa shape index (κ3) is 1.21. The van der Waals surface area contributed by atoms with Crippen LogP contribution in [0.2, 0.25) is 0 Å². The summed E-state index contributed by atoms with van der Waals surface area (Å²) in [6, 6.07) is 0. The lowest BCUT2D eigenvalue weighted by Crippen LogP contribution is -2.15. The molecule has 0 amide bonds. The Morgan fingerprint density at radius 2 is 2.25 bits per heavy atom. The van der Waals surface area contributed by atoms with Gasteiger partial charge in [-0.3, -0.25) is 4.79 Å². The summed E-state index contributed by atoms with van der Waals surface area (Å²) in [6.07, 6.45) is 5.05. The van der Waals surface area contributed by atoms with E-state index in [2.05, 4.69) is 0 Å². The molecule has 1 saturated carbocycles. The maximum atomic E-state index is 11.3. The van der Waals surface area contributed by atoms with Gasteiger partial charge in [-0.15, -0.1) is 11.6 Å². The molecule has 0 aromatic carbocycles. The van der Waals surface area contributed by atoms with Crippen LogP contribution in [0.4, 0.5) is 0 Å². The minimum atomic E-state index is -0.0936. The van der Waals surface area contributed by atoms with Crippen molar-refractivity contribution < 1.29 is 4.79 Å². The monoisotopic (exact) mass is 202 g/mol. The average molecular weight is 203 g/mol. The van der Waals surface area contributed by atoms with E-state index in [9.17, 15) is 4.79 Å². The quantitative estimate of drug-likeness (QED) is 0.553. The first-order valence-electron chi connectivity index (χ1n) is 3.94. The van der Waals surface area contributed by atoms with Gasteiger partial charge in [0.05, 0.1) is 5.38 Å². The molecule has 0 spiro atoms. The Labute approximate surface area is 81.0 Å². The van der Waals surface area contributed by atoms with Gasteiger partial charge < -0.3 is 0 Å². The van der Waals surface area contributed by atoms with E-state index in [-0.39, 0.29) is 17.1 Å². The van der Waals surface area contributed by atoms with Crippen molar-refractivity contribution in [1.82, 2.24) is 0 Å². The zero-order valence-corrected chi connectivity index (χ0v) is 7.90. The zero-order valence-electron chi connectivity index (χ0n) is 6.39. The van der Waals surface area contributed by atoms with Crippen LogP contribution in [0.15, 0.2) is 22.8 Å². The molecule has 0 radical (unpaired) electrons. The normalized spacial score (nSPS) is 34.3. The molecule has 0 heterocycles. The van der Waals surface area contributed by atoms with E-state index < -0.39 is 0 Å². The molecule has 0 bridgehead atoms. The van der Waals surface area contributed by atoms with E-state index in [1.54, 1.807) is 12.2 Å². The van der Waals surface area contributed by atoms with Crippen molar-refractivity contribution in [3.8, 4) is 0 Å². The first-order chi connectivity index (χ1) is 5.68. The highest BCUT2D eigenvalue weighted by molar-refractivity contribution is 6.33. The molecular formula is C9H8Cl2O. The third-order valence-electron chi connectivity index (χ3n) is 2.40. The van der Waals surface area contributed by atoms with Crippen LogP contribution in [0.1, 0.15) is 12.8 Å². The third-order valence-corrected chi connectivity index (χ3v) is 3.07. The fraction of sp³-hybridized carbons (Fsp3) is 0.444. The van der Waals surface area contributed by atoms with Gasteiger partial charge in [0.1, 0.15) is 0 Å². The van der Waals surface area contributed by atoms with Crippen LogP contribution < -0.4 is 0 Å². The Morgan fingerprint density at radius 1 is 1.50 bits per heavy atom. The molecule has 64 valence electrons. The molecule has 0 aromatic rings. The standard InChI is InChI=1S/C9H8Cl2O/c10-5-3-7-6(8(11)4-5)1-2-9(7)12/h3-4,6,8H,1-2H2. The number of ketones is 1. The summed E-state index contributed by atoms with van der Waals surface area (Å²) in [6.45, 7) is 0. The Balaban J connectivity index is 2.38. The molecule has 2 unspecified atom stereocenters. The minimum absolute atomic E-state index is 0.0936. The molecule has 2 rings (SSSR count). The van der Waals surface area contributed by atoms with Crippen LogP contribution >= 0.6 is 23.2 Å². The van der Waals surface area contributed by atoms with Crippen molar-refractivity contribution in [3.63, 3.8) is 0 Å². The van der Waals surface area contributed by atoms with Crippen LogP contribution in [0.3, 0.4) is 0 Å². The van der Waals surface area contributed by atoms with E-state index in [0.29, 0.717) is 11.5 Å². The second-order valence-corrected chi connectivity index (χ2v) is 4.10. The van der Waals surface area contributed by atoms with Gasteiger partial charge in [-0.2, -0.15) is 0 Å². The molecule has 0 saturated heterocycles. The topological polar surface area (TPSA) is 17.1 Å². The number of alkyl halides is 1. The smallest absolute Gasteiger partial charge is 0.159 e. The minimum Gasteiger partial charge on any atom is -0.295 e. The van der Waals surface area contributed by atoms with Crippen molar-refractivity contribution in [2.24, 2.45) is 5.92 Å². The van der Waals surface area contributed by atoms with Crippen molar-refractivity contribution in [3.05, 3.63) is 22.8 Å². The van der Waals surface area contributed by atoms with Crippen LogP contribution in [0, 0.1) is 5.92 Å². The van der Waals surface area contributed by atoms with Crippen LogP contribution in [-0.2, 0) is 4.79 Å². The Kier molecular flexibility index (Phi) is 2.01. The van der Waals surface area contributed by atoms with Crippen LogP contribution in [0.5, 0.6) is 0 Å². The van der Waals surface area contributed by atoms with E-state index in [4.69, 9.17) is 23.2 Å². The number of Topliss-reactive ketones (excluding diaryl/α,β-unsaturated/α-hetero) is 1. The summed E-state index contributed by atoms with van der Waals surface area (Å²) >= 11 is 11.8. The number of carbonyl (C=O) groups is 1. The molecule has 1 nitrogen and oxygen atoms in total. The van der Waals surface area contributed by atoms with Crippen molar-refractivity contribution in [2.75, 3.05) is 0 Å². The van der Waals surface area contributed by atoms with E-state index in [1.165, 1.54) is 0 Å². The number of carbonyl (C=O) groups excluding carboxylic acids is 1. The predicted molar refractivity (Wildman–Crippen MR) is 49.4 cm³/mol. The molecule has 0 N–H and O–H groups in total. The maximum absolute atomic E-state index is 11.3. The number of allylic oxidation sites excluding steroid dienone is 4. The van der Waals surface area contributed by atoms with Gasteiger partial charge in [-0.1, -0.05) is 11.6 Å².